The van der Waals surface area contributed by atoms with Crippen molar-refractivity contribution in [3.63, 3.8) is 0 Å². The number of aromatic nitrogens is 2. The first-order chi connectivity index (χ1) is 10.1. The quantitative estimate of drug-likeness (QED) is 0.572. The Balaban J connectivity index is 2.00. The summed E-state index contributed by atoms with van der Waals surface area (Å²) in [6.45, 7) is 4.26. The molecule has 1 saturated heterocycles. The van der Waals surface area contributed by atoms with E-state index in [1.165, 1.54) is 11.1 Å². The Hall–Kier alpha value is -1.93. The van der Waals surface area contributed by atoms with Crippen molar-refractivity contribution in [2.75, 3.05) is 18.0 Å². The summed E-state index contributed by atoms with van der Waals surface area (Å²) in [6.07, 6.45) is 4.05. The molecule has 1 unspecified atom stereocenters. The summed E-state index contributed by atoms with van der Waals surface area (Å²) < 4.78 is 1.24. The molecule has 0 radical (unpaired) electrons. The van der Waals surface area contributed by atoms with Crippen LogP contribution < -0.4 is 21.9 Å². The van der Waals surface area contributed by atoms with Crippen LogP contribution in [0.2, 0.25) is 0 Å². The van der Waals surface area contributed by atoms with Gasteiger partial charge in [-0.2, -0.15) is 5.10 Å². The van der Waals surface area contributed by atoms with E-state index in [0.29, 0.717) is 5.92 Å². The summed E-state index contributed by atoms with van der Waals surface area (Å²) >= 11 is 0. The van der Waals surface area contributed by atoms with E-state index >= 15 is 0 Å². The van der Waals surface area contributed by atoms with Crippen LogP contribution in [0.3, 0.4) is 0 Å². The molecule has 2 heterocycles. The Morgan fingerprint density at radius 1 is 1.62 bits per heavy atom. The van der Waals surface area contributed by atoms with Gasteiger partial charge < -0.3 is 9.74 Å². The molecule has 1 atom stereocenters. The van der Waals surface area contributed by atoms with Gasteiger partial charge in [-0.05, 0) is 18.8 Å². The average molecular weight is 295 g/mol. The zero-order valence-corrected chi connectivity index (χ0v) is 12.1. The summed E-state index contributed by atoms with van der Waals surface area (Å²) in [7, 11) is 0. The van der Waals surface area contributed by atoms with Crippen molar-refractivity contribution in [3.8, 4) is 0 Å². The Kier molecular flexibility index (Phi) is 5.29. The van der Waals surface area contributed by atoms with Gasteiger partial charge in [-0.3, -0.25) is 9.59 Å². The smallest absolute Gasteiger partial charge is 0.328 e. The second kappa shape index (κ2) is 7.19. The van der Waals surface area contributed by atoms with E-state index < -0.39 is 5.97 Å². The van der Waals surface area contributed by atoms with Crippen LogP contribution in [0.15, 0.2) is 17.1 Å². The van der Waals surface area contributed by atoms with Gasteiger partial charge in [0.05, 0.1) is 24.8 Å². The molecule has 2 rings (SSSR count). The van der Waals surface area contributed by atoms with Crippen molar-refractivity contribution in [2.24, 2.45) is 11.8 Å². The highest BCUT2D eigenvalue weighted by atomic mass is 16.7. The zero-order chi connectivity index (χ0) is 15.2. The average Bonchev–Trinajstić information content (AvgIpc) is 2.46. The summed E-state index contributed by atoms with van der Waals surface area (Å²) in [5.74, 6) is 4.94. The topological polar surface area (TPSA) is 102 Å². The van der Waals surface area contributed by atoms with Crippen LogP contribution in [-0.4, -0.2) is 28.8 Å². The lowest BCUT2D eigenvalue weighted by Gasteiger charge is -2.32. The fourth-order valence-electron chi connectivity index (χ4n) is 2.50. The number of hydrogen-bond donors (Lipinski definition) is 2. The Labute approximate surface area is 122 Å². The second-order valence-corrected chi connectivity index (χ2v) is 5.31. The van der Waals surface area contributed by atoms with Crippen molar-refractivity contribution in [3.05, 3.63) is 22.6 Å². The van der Waals surface area contributed by atoms with E-state index in [9.17, 15) is 9.59 Å². The maximum atomic E-state index is 12.0. The highest BCUT2D eigenvalue weighted by Crippen LogP contribution is 2.20. The summed E-state index contributed by atoms with van der Waals surface area (Å²) in [5, 5.41) is 4.11. The first kappa shape index (κ1) is 15.5. The molecule has 0 bridgehead atoms. The third-order valence-electron chi connectivity index (χ3n) is 3.58. The van der Waals surface area contributed by atoms with Crippen LogP contribution in [0, 0.1) is 5.92 Å². The fraction of sp³-hybridized carbons (Fsp3) is 0.615. The Bertz CT molecular complexity index is 545. The standard InChI is InChI=1S/C13H21N5O3/c1-10-3-2-5-17(9-10)11-7-12(19)18(15-8-11)6-4-13(20)21-16-14/h7-8,10,16H,2-6,9,14H2,1H3. The molecule has 8 heteroatoms. The maximum absolute atomic E-state index is 12.0. The minimum Gasteiger partial charge on any atom is -0.370 e. The lowest BCUT2D eigenvalue weighted by Crippen LogP contribution is -2.36. The van der Waals surface area contributed by atoms with Gasteiger partial charge in [0, 0.05) is 19.2 Å². The SMILES string of the molecule is CC1CCCN(c2cnn(CCC(=O)ONN)c(=O)c2)C1. The number of hydrazine groups is 1. The number of rotatable bonds is 5. The van der Waals surface area contributed by atoms with Gasteiger partial charge in [0.2, 0.25) is 0 Å². The molecule has 116 valence electrons. The number of aryl methyl sites for hydroxylation is 1. The third-order valence-corrected chi connectivity index (χ3v) is 3.58. The monoisotopic (exact) mass is 295 g/mol. The molecule has 0 spiro atoms. The third kappa shape index (κ3) is 4.27. The predicted molar refractivity (Wildman–Crippen MR) is 77.1 cm³/mol. The molecule has 1 aromatic heterocycles. The molecule has 8 nitrogen and oxygen atoms in total. The first-order valence-corrected chi connectivity index (χ1v) is 7.07. The summed E-state index contributed by atoms with van der Waals surface area (Å²) in [6, 6.07) is 1.57. The van der Waals surface area contributed by atoms with Crippen molar-refractivity contribution in [2.45, 2.75) is 32.7 Å². The van der Waals surface area contributed by atoms with Gasteiger partial charge in [0.15, 0.2) is 0 Å². The molecule has 1 aliphatic heterocycles. The number of piperidine rings is 1. The summed E-state index contributed by atoms with van der Waals surface area (Å²) in [5.41, 5.74) is 2.43. The molecular weight excluding hydrogens is 274 g/mol. The number of hydrogen-bond acceptors (Lipinski definition) is 7. The van der Waals surface area contributed by atoms with Crippen LogP contribution in [0.4, 0.5) is 5.69 Å². The van der Waals surface area contributed by atoms with Gasteiger partial charge in [0.25, 0.3) is 5.56 Å². The maximum Gasteiger partial charge on any atom is 0.328 e. The number of nitrogens with one attached hydrogen (secondary N) is 1. The van der Waals surface area contributed by atoms with E-state index in [2.05, 4.69) is 21.8 Å². The largest absolute Gasteiger partial charge is 0.370 e. The van der Waals surface area contributed by atoms with Crippen molar-refractivity contribution in [1.29, 1.82) is 0 Å². The highest BCUT2D eigenvalue weighted by molar-refractivity contribution is 5.68. The van der Waals surface area contributed by atoms with Crippen LogP contribution in [0.25, 0.3) is 0 Å². The number of nitrogens with zero attached hydrogens (tertiary/aromatic N) is 3. The predicted octanol–water partition coefficient (Wildman–Crippen LogP) is -0.209. The molecule has 1 aromatic rings. The van der Waals surface area contributed by atoms with Crippen molar-refractivity contribution < 1.29 is 9.63 Å². The molecule has 0 saturated carbocycles. The van der Waals surface area contributed by atoms with Crippen LogP contribution in [0.1, 0.15) is 26.2 Å². The first-order valence-electron chi connectivity index (χ1n) is 7.07. The lowest BCUT2D eigenvalue weighted by molar-refractivity contribution is -0.151. The van der Waals surface area contributed by atoms with Crippen molar-refractivity contribution >= 4 is 11.7 Å². The van der Waals surface area contributed by atoms with Gasteiger partial charge in [-0.25, -0.2) is 10.5 Å². The van der Waals surface area contributed by atoms with Crippen LogP contribution in [-0.2, 0) is 16.2 Å². The van der Waals surface area contributed by atoms with E-state index in [0.717, 1.165) is 25.2 Å². The van der Waals surface area contributed by atoms with E-state index in [4.69, 9.17) is 5.84 Å². The van der Waals surface area contributed by atoms with Crippen LogP contribution >= 0.6 is 0 Å². The number of carbonyl (C=O) groups excluding carboxylic acids is 1. The molecule has 0 amide bonds. The number of nitrogens with two attached hydrogens (primary N) is 1. The van der Waals surface area contributed by atoms with E-state index in [1.54, 1.807) is 12.3 Å². The zero-order valence-electron chi connectivity index (χ0n) is 12.1. The lowest BCUT2D eigenvalue weighted by atomic mass is 10.00. The highest BCUT2D eigenvalue weighted by Gasteiger charge is 2.17. The van der Waals surface area contributed by atoms with Gasteiger partial charge in [-0.1, -0.05) is 12.5 Å². The molecule has 0 aromatic carbocycles. The van der Waals surface area contributed by atoms with E-state index in [-0.39, 0.29) is 18.5 Å². The minimum absolute atomic E-state index is 0.0250. The molecule has 1 aliphatic rings. The Morgan fingerprint density at radius 3 is 3.10 bits per heavy atom. The van der Waals surface area contributed by atoms with Crippen molar-refractivity contribution in [1.82, 2.24) is 15.4 Å². The molecule has 0 aliphatic carbocycles. The van der Waals surface area contributed by atoms with Gasteiger partial charge in [0.1, 0.15) is 0 Å². The Morgan fingerprint density at radius 2 is 2.43 bits per heavy atom. The fourth-order valence-corrected chi connectivity index (χ4v) is 2.50. The minimum atomic E-state index is -0.542. The number of carbonyl (C=O) groups is 1. The second-order valence-electron chi connectivity index (χ2n) is 5.31. The van der Waals surface area contributed by atoms with Gasteiger partial charge in [-0.15, -0.1) is 0 Å². The molecular formula is C13H21N5O3. The molecule has 21 heavy (non-hydrogen) atoms. The number of anilines is 1. The van der Waals surface area contributed by atoms with Crippen LogP contribution in [0.5, 0.6) is 0 Å². The van der Waals surface area contributed by atoms with Gasteiger partial charge >= 0.3 is 5.97 Å². The summed E-state index contributed by atoms with van der Waals surface area (Å²) in [4.78, 5) is 29.7. The normalized spacial score (nSPS) is 18.6. The van der Waals surface area contributed by atoms with E-state index in [1.807, 2.05) is 5.59 Å². The molecule has 3 N–H and O–H groups in total. The molecule has 1 fully saturated rings.